The Balaban J connectivity index is 1.87. The number of nitrogens with one attached hydrogen (secondary N) is 1. The summed E-state index contributed by atoms with van der Waals surface area (Å²) in [7, 11) is 0. The fourth-order valence-corrected chi connectivity index (χ4v) is 5.41. The van der Waals surface area contributed by atoms with E-state index in [0.717, 1.165) is 59.5 Å². The fraction of sp³-hybridized carbons (Fsp3) is 0.467. The summed E-state index contributed by atoms with van der Waals surface area (Å²) in [5.41, 5.74) is 10.4. The van der Waals surface area contributed by atoms with Crippen LogP contribution in [-0.4, -0.2) is 27.4 Å². The molecule has 0 saturated heterocycles. The summed E-state index contributed by atoms with van der Waals surface area (Å²) in [5.74, 6) is 1.04. The summed E-state index contributed by atoms with van der Waals surface area (Å²) in [4.78, 5) is 5.98. The molecular weight excluding hydrogens is 506 g/mol. The number of benzene rings is 2. The van der Waals surface area contributed by atoms with Crippen molar-refractivity contribution in [2.75, 3.05) is 12.3 Å². The van der Waals surface area contributed by atoms with Gasteiger partial charge >= 0.3 is 0 Å². The van der Waals surface area contributed by atoms with Gasteiger partial charge in [0, 0.05) is 18.0 Å². The second-order valence-electron chi connectivity index (χ2n) is 10.8. The van der Waals surface area contributed by atoms with Crippen molar-refractivity contribution in [3.8, 4) is 5.75 Å². The molecule has 0 atom stereocenters. The number of fused-ring (bicyclic) bond motifs is 1. The van der Waals surface area contributed by atoms with Gasteiger partial charge in [-0.3, -0.25) is 10.1 Å². The van der Waals surface area contributed by atoms with Crippen molar-refractivity contribution >= 4 is 38.7 Å². The highest BCUT2D eigenvalue weighted by Crippen LogP contribution is 2.39. The Hall–Kier alpha value is -3.46. The quantitative estimate of drug-likeness (QED) is 0.147. The van der Waals surface area contributed by atoms with Crippen molar-refractivity contribution in [1.29, 1.82) is 0 Å². The highest BCUT2D eigenvalue weighted by Gasteiger charge is 2.23. The van der Waals surface area contributed by atoms with Crippen molar-refractivity contribution < 1.29 is 4.74 Å². The van der Waals surface area contributed by atoms with Crippen molar-refractivity contribution in [2.45, 2.75) is 85.3 Å². The molecule has 2 heterocycles. The van der Waals surface area contributed by atoms with E-state index in [1.54, 1.807) is 11.3 Å². The van der Waals surface area contributed by atoms with Gasteiger partial charge in [-0.1, -0.05) is 89.6 Å². The number of nitrogens with two attached hydrogens (primary N) is 1. The van der Waals surface area contributed by atoms with Gasteiger partial charge in [-0.2, -0.15) is 5.10 Å². The van der Waals surface area contributed by atoms with Crippen LogP contribution < -0.4 is 15.3 Å². The summed E-state index contributed by atoms with van der Waals surface area (Å²) in [6.45, 7) is 14.3. The lowest BCUT2D eigenvalue weighted by atomic mass is 9.91. The first-order valence-electron chi connectivity index (χ1n) is 13.9. The third-order valence-corrected chi connectivity index (χ3v) is 7.76. The predicted molar refractivity (Wildman–Crippen MR) is 162 cm³/mol. The van der Waals surface area contributed by atoms with Gasteiger partial charge < -0.3 is 15.0 Å². The minimum atomic E-state index is -0.205. The molecule has 208 valence electrons. The lowest BCUT2D eigenvalue weighted by Crippen LogP contribution is -2.17. The van der Waals surface area contributed by atoms with E-state index in [2.05, 4.69) is 103 Å². The summed E-state index contributed by atoms with van der Waals surface area (Å²) >= 11 is 1.68. The van der Waals surface area contributed by atoms with Gasteiger partial charge in [0.1, 0.15) is 11.4 Å². The second-order valence-corrected chi connectivity index (χ2v) is 11.8. The molecular formula is C30H41N7OS. The molecule has 0 fully saturated rings. The summed E-state index contributed by atoms with van der Waals surface area (Å²) in [6, 6.07) is 14.7. The summed E-state index contributed by atoms with van der Waals surface area (Å²) < 4.78 is 9.89. The van der Waals surface area contributed by atoms with Crippen LogP contribution in [-0.2, 0) is 12.0 Å². The van der Waals surface area contributed by atoms with Crippen molar-refractivity contribution in [2.24, 2.45) is 15.2 Å². The van der Waals surface area contributed by atoms with Crippen LogP contribution in [0.1, 0.15) is 78.5 Å². The van der Waals surface area contributed by atoms with Crippen LogP contribution in [0.25, 0.3) is 10.2 Å². The summed E-state index contributed by atoms with van der Waals surface area (Å²) in [6.07, 6.45) is 4.05. The fourth-order valence-electron chi connectivity index (χ4n) is 4.34. The maximum atomic E-state index is 6.51. The summed E-state index contributed by atoms with van der Waals surface area (Å²) in [5, 5.41) is 16.5. The average molecular weight is 548 g/mol. The first-order valence-corrected chi connectivity index (χ1v) is 14.7. The highest BCUT2D eigenvalue weighted by molar-refractivity contribution is 7.16. The second kappa shape index (κ2) is 12.6. The zero-order chi connectivity index (χ0) is 28.0. The van der Waals surface area contributed by atoms with Gasteiger partial charge in [0.2, 0.25) is 0 Å². The van der Waals surface area contributed by atoms with Gasteiger partial charge in [0.25, 0.3) is 0 Å². The van der Waals surface area contributed by atoms with Gasteiger partial charge in [-0.05, 0) is 30.9 Å². The molecule has 4 rings (SSSR count). The van der Waals surface area contributed by atoms with E-state index in [1.165, 1.54) is 5.56 Å². The Bertz CT molecular complexity index is 1470. The minimum Gasteiger partial charge on any atom is -0.488 e. The lowest BCUT2D eigenvalue weighted by molar-refractivity contribution is 0.194. The number of H-pyrrole nitrogens is 1. The highest BCUT2D eigenvalue weighted by atomic mass is 32.1. The van der Waals surface area contributed by atoms with E-state index in [4.69, 9.17) is 15.5 Å². The van der Waals surface area contributed by atoms with Crippen LogP contribution in [0.4, 0.5) is 17.2 Å². The molecule has 39 heavy (non-hydrogen) atoms. The number of nitrogen functional groups attached to an aromatic ring is 1. The number of ether oxygens (including phenoxy) is 1. The molecule has 4 aromatic rings. The smallest absolute Gasteiger partial charge is 0.186 e. The number of unbranched alkanes of at least 4 members (excludes halogenated alkanes) is 1. The van der Waals surface area contributed by atoms with E-state index in [0.29, 0.717) is 22.9 Å². The molecule has 2 aromatic heterocycles. The number of thiazole rings is 1. The zero-order valence-electron chi connectivity index (χ0n) is 24.0. The number of hydrogen-bond acceptors (Lipinski definition) is 7. The van der Waals surface area contributed by atoms with Crippen LogP contribution in [0.2, 0.25) is 0 Å². The number of anilines is 1. The lowest BCUT2D eigenvalue weighted by Gasteiger charge is -2.18. The van der Waals surface area contributed by atoms with E-state index in [9.17, 15) is 0 Å². The van der Waals surface area contributed by atoms with E-state index < -0.39 is 0 Å². The van der Waals surface area contributed by atoms with Crippen LogP contribution in [0.15, 0.2) is 57.7 Å². The maximum absolute atomic E-state index is 6.51. The van der Waals surface area contributed by atoms with E-state index >= 15 is 0 Å². The number of hydrogen-bond donors (Lipinski definition) is 2. The van der Waals surface area contributed by atoms with E-state index in [1.807, 2.05) is 6.07 Å². The Labute approximate surface area is 235 Å². The molecule has 9 heteroatoms. The first kappa shape index (κ1) is 28.5. The van der Waals surface area contributed by atoms with Crippen LogP contribution in [0.5, 0.6) is 5.75 Å². The number of rotatable bonds is 11. The molecule has 0 aliphatic rings. The van der Waals surface area contributed by atoms with Gasteiger partial charge in [0.15, 0.2) is 16.3 Å². The Morgan fingerprint density at radius 3 is 2.49 bits per heavy atom. The zero-order valence-corrected chi connectivity index (χ0v) is 24.8. The molecule has 0 radical (unpaired) electrons. The number of aromatic amines is 1. The van der Waals surface area contributed by atoms with Gasteiger partial charge in [-0.15, -0.1) is 10.2 Å². The molecule has 0 saturated carbocycles. The molecule has 2 aromatic carbocycles. The maximum Gasteiger partial charge on any atom is 0.186 e. The monoisotopic (exact) mass is 547 g/mol. The van der Waals surface area contributed by atoms with Crippen LogP contribution in [0, 0.1) is 0 Å². The normalized spacial score (nSPS) is 12.8. The molecule has 0 aliphatic carbocycles. The first-order chi connectivity index (χ1) is 18.7. The number of nitrogens with zero attached hydrogens (tertiary/aromatic N) is 5. The molecule has 0 aliphatic heterocycles. The number of aromatic nitrogens is 3. The van der Waals surface area contributed by atoms with Gasteiger partial charge in [0.05, 0.1) is 28.6 Å². The SMILES string of the molecule is CCCCN=c1sc2cc(N=Nc3c(N)n[nH]c3C(C)(C)C)c(OC(CC)CC)cc2n1Cc1ccccc1. The Kier molecular flexibility index (Phi) is 9.22. The van der Waals surface area contributed by atoms with Crippen LogP contribution >= 0.6 is 11.3 Å². The van der Waals surface area contributed by atoms with Gasteiger partial charge in [-0.25, -0.2) is 0 Å². The average Bonchev–Trinajstić information content (AvgIpc) is 3.45. The standard InChI is InChI=1S/C30H41N7OS/c1-7-10-16-32-29-37(19-20-14-12-11-13-15-20)23-18-24(38-21(8-2)9-3)22(17-25(23)39-29)33-34-26-27(30(4,5)6)35-36-28(26)31/h11-15,17-18,21H,7-10,16,19H2,1-6H3,(H3,31,35,36). The van der Waals surface area contributed by atoms with Crippen molar-refractivity contribution in [3.63, 3.8) is 0 Å². The van der Waals surface area contributed by atoms with Crippen LogP contribution in [0.3, 0.4) is 0 Å². The van der Waals surface area contributed by atoms with Crippen molar-refractivity contribution in [1.82, 2.24) is 14.8 Å². The van der Waals surface area contributed by atoms with E-state index in [-0.39, 0.29) is 11.5 Å². The largest absolute Gasteiger partial charge is 0.488 e. The molecule has 0 unspecified atom stereocenters. The molecule has 3 N–H and O–H groups in total. The van der Waals surface area contributed by atoms with Crippen molar-refractivity contribution in [3.05, 3.63) is 58.5 Å². The third kappa shape index (κ3) is 6.76. The molecule has 0 spiro atoms. The predicted octanol–water partition coefficient (Wildman–Crippen LogP) is 8.04. The topological polar surface area (TPSA) is 106 Å². The minimum absolute atomic E-state index is 0.0791. The number of azo groups is 1. The molecule has 8 nitrogen and oxygen atoms in total. The molecule has 0 amide bonds. The Morgan fingerprint density at radius 2 is 1.82 bits per heavy atom. The third-order valence-electron chi connectivity index (χ3n) is 6.69. The Morgan fingerprint density at radius 1 is 1.08 bits per heavy atom. The molecule has 0 bridgehead atoms.